The van der Waals surface area contributed by atoms with Crippen LogP contribution in [0.2, 0.25) is 0 Å². The molecule has 0 radical (unpaired) electrons. The van der Waals surface area contributed by atoms with Gasteiger partial charge in [-0.25, -0.2) is 8.78 Å². The fourth-order valence-electron chi connectivity index (χ4n) is 3.06. The fourth-order valence-corrected chi connectivity index (χ4v) is 3.06. The molecule has 0 aromatic heterocycles. The molecule has 1 atom stereocenters. The van der Waals surface area contributed by atoms with Crippen molar-refractivity contribution in [2.75, 3.05) is 32.8 Å². The van der Waals surface area contributed by atoms with Crippen LogP contribution in [0.5, 0.6) is 0 Å². The largest absolute Gasteiger partial charge is 0.375 e. The first kappa shape index (κ1) is 17.0. The standard InChI is InChI=1S/C19H22F2N2O/c20-17-10-15(11-18(21)12-17)13-24-14-19(16-4-2-1-3-5-16)23-8-6-22-7-9-23/h1-5,10-12,19,22H,6-9,13-14H2. The first-order valence-electron chi connectivity index (χ1n) is 8.25. The van der Waals surface area contributed by atoms with Gasteiger partial charge in [0, 0.05) is 32.2 Å². The molecule has 1 heterocycles. The predicted molar refractivity (Wildman–Crippen MR) is 89.6 cm³/mol. The summed E-state index contributed by atoms with van der Waals surface area (Å²) >= 11 is 0. The number of ether oxygens (including phenoxy) is 1. The Bertz CT molecular complexity index is 625. The summed E-state index contributed by atoms with van der Waals surface area (Å²) in [7, 11) is 0. The van der Waals surface area contributed by atoms with E-state index in [1.165, 1.54) is 17.7 Å². The summed E-state index contributed by atoms with van der Waals surface area (Å²) < 4.78 is 32.3. The van der Waals surface area contributed by atoms with Crippen molar-refractivity contribution in [2.24, 2.45) is 0 Å². The highest BCUT2D eigenvalue weighted by Crippen LogP contribution is 2.22. The highest BCUT2D eigenvalue weighted by molar-refractivity contribution is 5.20. The predicted octanol–water partition coefficient (Wildman–Crippen LogP) is 3.13. The van der Waals surface area contributed by atoms with Crippen LogP contribution < -0.4 is 5.32 Å². The number of nitrogens with one attached hydrogen (secondary N) is 1. The second-order valence-corrected chi connectivity index (χ2v) is 6.01. The van der Waals surface area contributed by atoms with Gasteiger partial charge in [-0.05, 0) is 23.3 Å². The molecular weight excluding hydrogens is 310 g/mol. The second kappa shape index (κ2) is 8.33. The van der Waals surface area contributed by atoms with Crippen molar-refractivity contribution in [1.29, 1.82) is 0 Å². The summed E-state index contributed by atoms with van der Waals surface area (Å²) in [6.45, 7) is 4.51. The average Bonchev–Trinajstić information content (AvgIpc) is 2.59. The number of benzene rings is 2. The molecule has 5 heteroatoms. The Kier molecular flexibility index (Phi) is 5.91. The zero-order valence-corrected chi connectivity index (χ0v) is 13.6. The highest BCUT2D eigenvalue weighted by atomic mass is 19.1. The summed E-state index contributed by atoms with van der Waals surface area (Å²) in [5.74, 6) is -1.15. The Morgan fingerprint density at radius 3 is 2.33 bits per heavy atom. The van der Waals surface area contributed by atoms with Crippen molar-refractivity contribution >= 4 is 0 Å². The lowest BCUT2D eigenvalue weighted by Gasteiger charge is -2.35. The van der Waals surface area contributed by atoms with Crippen LogP contribution in [-0.2, 0) is 11.3 Å². The molecule has 1 fully saturated rings. The highest BCUT2D eigenvalue weighted by Gasteiger charge is 2.22. The molecule has 1 saturated heterocycles. The van der Waals surface area contributed by atoms with E-state index >= 15 is 0 Å². The maximum atomic E-state index is 13.3. The number of hydrogen-bond acceptors (Lipinski definition) is 3. The summed E-state index contributed by atoms with van der Waals surface area (Å²) in [4.78, 5) is 2.39. The third-order valence-electron chi connectivity index (χ3n) is 4.24. The van der Waals surface area contributed by atoms with Crippen molar-refractivity contribution in [3.8, 4) is 0 Å². The SMILES string of the molecule is Fc1cc(F)cc(COCC(c2ccccc2)N2CCNCC2)c1. The van der Waals surface area contributed by atoms with Gasteiger partial charge in [0.25, 0.3) is 0 Å². The Labute approximate surface area is 141 Å². The minimum atomic E-state index is -0.574. The third-order valence-corrected chi connectivity index (χ3v) is 4.24. The molecule has 0 saturated carbocycles. The summed E-state index contributed by atoms with van der Waals surface area (Å²) in [6, 6.07) is 13.9. The van der Waals surface area contributed by atoms with Crippen molar-refractivity contribution in [3.63, 3.8) is 0 Å². The Hall–Kier alpha value is -1.82. The van der Waals surface area contributed by atoms with Crippen LogP contribution in [0.3, 0.4) is 0 Å². The molecular formula is C19H22F2N2O. The molecule has 3 nitrogen and oxygen atoms in total. The molecule has 1 unspecified atom stereocenters. The molecule has 0 aliphatic carbocycles. The van der Waals surface area contributed by atoms with Crippen LogP contribution in [-0.4, -0.2) is 37.7 Å². The number of hydrogen-bond donors (Lipinski definition) is 1. The van der Waals surface area contributed by atoms with Gasteiger partial charge in [0.1, 0.15) is 11.6 Å². The summed E-state index contributed by atoms with van der Waals surface area (Å²) in [5, 5.41) is 3.35. The number of halogens is 2. The normalized spacial score (nSPS) is 16.9. The van der Waals surface area contributed by atoms with E-state index in [1.54, 1.807) is 0 Å². The van der Waals surface area contributed by atoms with Crippen LogP contribution in [0.1, 0.15) is 17.2 Å². The topological polar surface area (TPSA) is 24.5 Å². The minimum Gasteiger partial charge on any atom is -0.375 e. The van der Waals surface area contributed by atoms with E-state index < -0.39 is 11.6 Å². The van der Waals surface area contributed by atoms with Crippen LogP contribution in [0, 0.1) is 11.6 Å². The smallest absolute Gasteiger partial charge is 0.126 e. The number of nitrogens with zero attached hydrogens (tertiary/aromatic N) is 1. The van der Waals surface area contributed by atoms with Gasteiger partial charge in [0.15, 0.2) is 0 Å². The molecule has 1 aliphatic rings. The van der Waals surface area contributed by atoms with Crippen LogP contribution >= 0.6 is 0 Å². The minimum absolute atomic E-state index is 0.145. The van der Waals surface area contributed by atoms with Gasteiger partial charge in [-0.3, -0.25) is 4.90 Å². The monoisotopic (exact) mass is 332 g/mol. The van der Waals surface area contributed by atoms with E-state index in [1.807, 2.05) is 18.2 Å². The van der Waals surface area contributed by atoms with Crippen LogP contribution in [0.4, 0.5) is 8.78 Å². The van der Waals surface area contributed by atoms with E-state index in [0.717, 1.165) is 32.2 Å². The maximum Gasteiger partial charge on any atom is 0.126 e. The van der Waals surface area contributed by atoms with Crippen LogP contribution in [0.15, 0.2) is 48.5 Å². The van der Waals surface area contributed by atoms with E-state index in [-0.39, 0.29) is 12.6 Å². The molecule has 24 heavy (non-hydrogen) atoms. The van der Waals surface area contributed by atoms with Gasteiger partial charge in [-0.15, -0.1) is 0 Å². The molecule has 3 rings (SSSR count). The summed E-state index contributed by atoms with van der Waals surface area (Å²) in [5.41, 5.74) is 1.71. The average molecular weight is 332 g/mol. The fraction of sp³-hybridized carbons (Fsp3) is 0.368. The molecule has 1 N–H and O–H groups in total. The van der Waals surface area contributed by atoms with Gasteiger partial charge in [0.05, 0.1) is 19.3 Å². The van der Waals surface area contributed by atoms with Gasteiger partial charge in [-0.2, -0.15) is 0 Å². The zero-order chi connectivity index (χ0) is 16.8. The molecule has 1 aliphatic heterocycles. The Balaban J connectivity index is 1.65. The maximum absolute atomic E-state index is 13.3. The van der Waals surface area contributed by atoms with Crippen LogP contribution in [0.25, 0.3) is 0 Å². The molecule has 2 aromatic carbocycles. The summed E-state index contributed by atoms with van der Waals surface area (Å²) in [6.07, 6.45) is 0. The lowest BCUT2D eigenvalue weighted by molar-refractivity contribution is 0.0440. The number of rotatable bonds is 6. The quantitative estimate of drug-likeness (QED) is 0.880. The molecule has 2 aromatic rings. The molecule has 128 valence electrons. The molecule has 0 amide bonds. The van der Waals surface area contributed by atoms with Gasteiger partial charge >= 0.3 is 0 Å². The first-order chi connectivity index (χ1) is 11.7. The third kappa shape index (κ3) is 4.60. The van der Waals surface area contributed by atoms with E-state index in [0.29, 0.717) is 12.2 Å². The lowest BCUT2D eigenvalue weighted by Crippen LogP contribution is -2.46. The second-order valence-electron chi connectivity index (χ2n) is 6.01. The van der Waals surface area contributed by atoms with Crippen molar-refractivity contribution < 1.29 is 13.5 Å². The zero-order valence-electron chi connectivity index (χ0n) is 13.6. The Morgan fingerprint density at radius 2 is 1.67 bits per heavy atom. The van der Waals surface area contributed by atoms with Gasteiger partial charge in [-0.1, -0.05) is 30.3 Å². The van der Waals surface area contributed by atoms with Gasteiger partial charge in [0.2, 0.25) is 0 Å². The number of piperazine rings is 1. The first-order valence-corrected chi connectivity index (χ1v) is 8.25. The Morgan fingerprint density at radius 1 is 1.00 bits per heavy atom. The van der Waals surface area contributed by atoms with E-state index in [9.17, 15) is 8.78 Å². The lowest BCUT2D eigenvalue weighted by atomic mass is 10.1. The molecule has 0 bridgehead atoms. The van der Waals surface area contributed by atoms with Crippen molar-refractivity contribution in [3.05, 3.63) is 71.3 Å². The van der Waals surface area contributed by atoms with Crippen molar-refractivity contribution in [1.82, 2.24) is 10.2 Å². The molecule has 0 spiro atoms. The van der Waals surface area contributed by atoms with Crippen molar-refractivity contribution in [2.45, 2.75) is 12.6 Å². The van der Waals surface area contributed by atoms with E-state index in [4.69, 9.17) is 4.74 Å². The van der Waals surface area contributed by atoms with E-state index in [2.05, 4.69) is 22.3 Å². The van der Waals surface area contributed by atoms with Gasteiger partial charge < -0.3 is 10.1 Å².